The molecule has 0 bridgehead atoms. The molecule has 0 radical (unpaired) electrons. The Morgan fingerprint density at radius 2 is 2.25 bits per heavy atom. The van der Waals surface area contributed by atoms with Gasteiger partial charge in [0.15, 0.2) is 0 Å². The predicted octanol–water partition coefficient (Wildman–Crippen LogP) is 2.64. The smallest absolute Gasteiger partial charge is 0.202 e. The molecule has 1 saturated carbocycles. The van der Waals surface area contributed by atoms with Crippen molar-refractivity contribution in [1.29, 1.82) is 0 Å². The lowest BCUT2D eigenvalue weighted by Gasteiger charge is -2.18. The summed E-state index contributed by atoms with van der Waals surface area (Å²) in [6.07, 6.45) is 3.86. The van der Waals surface area contributed by atoms with Gasteiger partial charge in [0.25, 0.3) is 0 Å². The Morgan fingerprint density at radius 1 is 1.44 bits per heavy atom. The third kappa shape index (κ3) is 2.52. The van der Waals surface area contributed by atoms with Crippen molar-refractivity contribution in [2.24, 2.45) is 0 Å². The second-order valence-electron chi connectivity index (χ2n) is 4.57. The van der Waals surface area contributed by atoms with E-state index in [-0.39, 0.29) is 0 Å². The van der Waals surface area contributed by atoms with E-state index in [2.05, 4.69) is 28.5 Å². The van der Waals surface area contributed by atoms with Crippen LogP contribution >= 0.6 is 11.5 Å². The predicted molar refractivity (Wildman–Crippen MR) is 66.1 cm³/mol. The molecule has 1 aliphatic rings. The Hall–Kier alpha value is -0.680. The van der Waals surface area contributed by atoms with E-state index in [4.69, 9.17) is 4.74 Å². The van der Waals surface area contributed by atoms with Crippen LogP contribution in [0.3, 0.4) is 0 Å². The molecule has 0 aromatic carbocycles. The minimum absolute atomic E-state index is 0.325. The van der Waals surface area contributed by atoms with E-state index in [1.807, 2.05) is 0 Å². The van der Waals surface area contributed by atoms with Gasteiger partial charge in [-0.15, -0.1) is 0 Å². The van der Waals surface area contributed by atoms with E-state index < -0.39 is 0 Å². The molecule has 16 heavy (non-hydrogen) atoms. The number of nitrogens with one attached hydrogen (secondary N) is 1. The summed E-state index contributed by atoms with van der Waals surface area (Å²) >= 11 is 1.45. The van der Waals surface area contributed by atoms with Crippen molar-refractivity contribution in [3.8, 4) is 0 Å². The number of ether oxygens (including phenoxy) is 1. The SMILES string of the molecule is COC1CCCC1Nc1nc(C(C)C)ns1. The highest BCUT2D eigenvalue weighted by atomic mass is 32.1. The summed E-state index contributed by atoms with van der Waals surface area (Å²) in [5.74, 6) is 1.33. The Morgan fingerprint density at radius 3 is 2.88 bits per heavy atom. The average Bonchev–Trinajstić information content (AvgIpc) is 2.87. The van der Waals surface area contributed by atoms with Crippen LogP contribution in [0.5, 0.6) is 0 Å². The van der Waals surface area contributed by atoms with Gasteiger partial charge >= 0.3 is 0 Å². The minimum Gasteiger partial charge on any atom is -0.379 e. The zero-order valence-electron chi connectivity index (χ0n) is 10.1. The fraction of sp³-hybridized carbons (Fsp3) is 0.818. The topological polar surface area (TPSA) is 47.0 Å². The number of nitrogens with zero attached hydrogens (tertiary/aromatic N) is 2. The van der Waals surface area contributed by atoms with Crippen molar-refractivity contribution < 1.29 is 4.74 Å². The molecule has 1 aromatic rings. The maximum Gasteiger partial charge on any atom is 0.202 e. The molecule has 0 spiro atoms. The lowest BCUT2D eigenvalue weighted by Crippen LogP contribution is -2.29. The van der Waals surface area contributed by atoms with Gasteiger partial charge in [-0.25, -0.2) is 4.98 Å². The third-order valence-corrected chi connectivity index (χ3v) is 3.68. The van der Waals surface area contributed by atoms with Gasteiger partial charge in [-0.3, -0.25) is 0 Å². The summed E-state index contributed by atoms with van der Waals surface area (Å²) in [6.45, 7) is 4.22. The second kappa shape index (κ2) is 5.10. The number of aromatic nitrogens is 2. The van der Waals surface area contributed by atoms with Crippen LogP contribution in [0.25, 0.3) is 0 Å². The fourth-order valence-corrected chi connectivity index (χ4v) is 2.83. The van der Waals surface area contributed by atoms with E-state index in [1.165, 1.54) is 18.0 Å². The molecule has 0 amide bonds. The van der Waals surface area contributed by atoms with Crippen LogP contribution in [0, 0.1) is 0 Å². The second-order valence-corrected chi connectivity index (χ2v) is 5.32. The molecule has 2 unspecified atom stereocenters. The summed E-state index contributed by atoms with van der Waals surface area (Å²) in [5.41, 5.74) is 0. The molecular weight excluding hydrogens is 222 g/mol. The highest BCUT2D eigenvalue weighted by Gasteiger charge is 2.27. The standard InChI is InChI=1S/C11H19N3OS/c1-7(2)10-13-11(16-14-10)12-8-5-4-6-9(8)15-3/h7-9H,4-6H2,1-3H3,(H,12,13,14). The lowest BCUT2D eigenvalue weighted by molar-refractivity contribution is 0.101. The zero-order chi connectivity index (χ0) is 11.5. The Kier molecular flexibility index (Phi) is 3.76. The number of hydrogen-bond acceptors (Lipinski definition) is 5. The molecule has 0 aliphatic heterocycles. The van der Waals surface area contributed by atoms with Crippen molar-refractivity contribution >= 4 is 16.7 Å². The van der Waals surface area contributed by atoms with Gasteiger partial charge in [0.05, 0.1) is 12.1 Å². The molecule has 1 fully saturated rings. The first-order valence-electron chi connectivity index (χ1n) is 5.83. The third-order valence-electron chi connectivity index (χ3n) is 3.02. The molecule has 1 N–H and O–H groups in total. The summed E-state index contributed by atoms with van der Waals surface area (Å²) in [6, 6.07) is 0.401. The van der Waals surface area contributed by atoms with Crippen LogP contribution in [0.4, 0.5) is 5.13 Å². The van der Waals surface area contributed by atoms with Crippen LogP contribution < -0.4 is 5.32 Å². The first-order chi connectivity index (χ1) is 7.70. The fourth-order valence-electron chi connectivity index (χ4n) is 2.06. The first kappa shape index (κ1) is 11.8. The van der Waals surface area contributed by atoms with Crippen LogP contribution in [-0.4, -0.2) is 28.6 Å². The first-order valence-corrected chi connectivity index (χ1v) is 6.61. The van der Waals surface area contributed by atoms with Crippen LogP contribution in [0.2, 0.25) is 0 Å². The summed E-state index contributed by atoms with van der Waals surface area (Å²) in [7, 11) is 1.78. The molecule has 1 aliphatic carbocycles. The van der Waals surface area contributed by atoms with Crippen molar-refractivity contribution in [2.75, 3.05) is 12.4 Å². The summed E-state index contributed by atoms with van der Waals surface area (Å²) in [5, 5.41) is 4.37. The van der Waals surface area contributed by atoms with E-state index in [1.54, 1.807) is 7.11 Å². The Balaban J connectivity index is 1.97. The van der Waals surface area contributed by atoms with Crippen molar-refractivity contribution in [2.45, 2.75) is 51.2 Å². The van der Waals surface area contributed by atoms with Gasteiger partial charge in [-0.05, 0) is 19.3 Å². The molecule has 5 heteroatoms. The van der Waals surface area contributed by atoms with Gasteiger partial charge in [0, 0.05) is 24.6 Å². The Bertz CT molecular complexity index is 340. The number of methoxy groups -OCH3 is 1. The highest BCUT2D eigenvalue weighted by molar-refractivity contribution is 7.09. The summed E-state index contributed by atoms with van der Waals surface area (Å²) in [4.78, 5) is 4.48. The normalized spacial score (nSPS) is 25.2. The molecule has 1 heterocycles. The van der Waals surface area contributed by atoms with Crippen LogP contribution in [0.15, 0.2) is 0 Å². The van der Waals surface area contributed by atoms with Crippen molar-refractivity contribution in [3.05, 3.63) is 5.82 Å². The van der Waals surface area contributed by atoms with Crippen molar-refractivity contribution in [3.63, 3.8) is 0 Å². The van der Waals surface area contributed by atoms with Crippen LogP contribution in [0.1, 0.15) is 44.9 Å². The van der Waals surface area contributed by atoms with Crippen molar-refractivity contribution in [1.82, 2.24) is 9.36 Å². The molecule has 0 saturated heterocycles. The van der Waals surface area contributed by atoms with Gasteiger partial charge in [-0.1, -0.05) is 13.8 Å². The largest absolute Gasteiger partial charge is 0.379 e. The number of hydrogen-bond donors (Lipinski definition) is 1. The molecule has 2 atom stereocenters. The number of anilines is 1. The van der Waals surface area contributed by atoms with Gasteiger partial charge in [0.2, 0.25) is 5.13 Å². The van der Waals surface area contributed by atoms with Crippen LogP contribution in [-0.2, 0) is 4.74 Å². The average molecular weight is 241 g/mol. The molecule has 4 nitrogen and oxygen atoms in total. The number of rotatable bonds is 4. The molecular formula is C11H19N3OS. The van der Waals surface area contributed by atoms with Gasteiger partial charge in [0.1, 0.15) is 5.82 Å². The molecule has 2 rings (SSSR count). The quantitative estimate of drug-likeness (QED) is 0.880. The van der Waals surface area contributed by atoms with Gasteiger partial charge < -0.3 is 10.1 Å². The monoisotopic (exact) mass is 241 g/mol. The molecule has 90 valence electrons. The zero-order valence-corrected chi connectivity index (χ0v) is 10.9. The Labute approximate surface area is 101 Å². The summed E-state index contributed by atoms with van der Waals surface area (Å²) < 4.78 is 9.78. The van der Waals surface area contributed by atoms with E-state index >= 15 is 0 Å². The van der Waals surface area contributed by atoms with Gasteiger partial charge in [-0.2, -0.15) is 4.37 Å². The van der Waals surface area contributed by atoms with E-state index in [9.17, 15) is 0 Å². The maximum atomic E-state index is 5.44. The van der Waals surface area contributed by atoms with E-state index in [0.717, 1.165) is 23.8 Å². The minimum atomic E-state index is 0.325. The molecule has 1 aromatic heterocycles. The lowest BCUT2D eigenvalue weighted by atomic mass is 10.2. The highest BCUT2D eigenvalue weighted by Crippen LogP contribution is 2.26. The van der Waals surface area contributed by atoms with E-state index in [0.29, 0.717) is 18.1 Å². The maximum absolute atomic E-state index is 5.44.